The Morgan fingerprint density at radius 3 is 2.66 bits per heavy atom. The van der Waals surface area contributed by atoms with Crippen LogP contribution < -0.4 is 11.1 Å². The normalized spacial score (nSPS) is 16.7. The molecule has 1 amide bonds. The van der Waals surface area contributed by atoms with Crippen LogP contribution in [0.5, 0.6) is 0 Å². The van der Waals surface area contributed by atoms with Crippen LogP contribution >= 0.6 is 23.2 Å². The van der Waals surface area contributed by atoms with E-state index in [1.165, 1.54) is 12.1 Å². The zero-order valence-electron chi connectivity index (χ0n) is 16.3. The predicted molar refractivity (Wildman–Crippen MR) is 116 cm³/mol. The van der Waals surface area contributed by atoms with E-state index in [9.17, 15) is 10.1 Å². The topological polar surface area (TPSA) is 93.1 Å². The number of nitrogens with one attached hydrogen (secondary N) is 1. The number of carbonyl (C=O) groups excluding carboxylic acids is 1. The number of nitrogens with two attached hydrogens (primary N) is 1. The number of carbonyl (C=O) groups is 1. The van der Waals surface area contributed by atoms with Crippen LogP contribution in [0.15, 0.2) is 23.8 Å². The van der Waals surface area contributed by atoms with Gasteiger partial charge in [0, 0.05) is 30.2 Å². The van der Waals surface area contributed by atoms with Gasteiger partial charge >= 0.3 is 0 Å². The fraction of sp³-hybridized carbons (Fsp3) is 0.333. The average Bonchev–Trinajstić information content (AvgIpc) is 3.28. The summed E-state index contributed by atoms with van der Waals surface area (Å²) >= 11 is 12.0. The van der Waals surface area contributed by atoms with E-state index in [2.05, 4.69) is 9.88 Å². The molecule has 2 aromatic rings. The molecule has 0 radical (unpaired) electrons. The van der Waals surface area contributed by atoms with Crippen molar-refractivity contribution in [2.24, 2.45) is 0 Å². The summed E-state index contributed by atoms with van der Waals surface area (Å²) in [6.45, 7) is 5.54. The van der Waals surface area contributed by atoms with Crippen LogP contribution in [0.3, 0.4) is 0 Å². The van der Waals surface area contributed by atoms with E-state index >= 15 is 0 Å². The summed E-state index contributed by atoms with van der Waals surface area (Å²) in [5.41, 5.74) is 9.15. The van der Waals surface area contributed by atoms with E-state index in [4.69, 9.17) is 33.7 Å². The molecule has 152 valence electrons. The minimum atomic E-state index is -0.548. The SMILES string of the molecule is Cc1cc(/C=C(\C#N)C(=O)Nc2cc(Cl)c(N)c(Cl)c2)c(C)n1CC1CCCO1. The summed E-state index contributed by atoms with van der Waals surface area (Å²) in [6, 6.07) is 6.91. The zero-order valence-corrected chi connectivity index (χ0v) is 17.8. The Morgan fingerprint density at radius 2 is 2.07 bits per heavy atom. The van der Waals surface area contributed by atoms with Crippen LogP contribution in [-0.4, -0.2) is 23.2 Å². The summed E-state index contributed by atoms with van der Waals surface area (Å²) in [5, 5.41) is 12.6. The molecule has 6 nitrogen and oxygen atoms in total. The molecule has 1 atom stereocenters. The van der Waals surface area contributed by atoms with Crippen molar-refractivity contribution in [2.75, 3.05) is 17.7 Å². The molecular weight excluding hydrogens is 411 g/mol. The van der Waals surface area contributed by atoms with Crippen LogP contribution in [0.2, 0.25) is 10.0 Å². The summed E-state index contributed by atoms with van der Waals surface area (Å²) in [6.07, 6.45) is 3.91. The number of amides is 1. The molecule has 1 aliphatic rings. The Kier molecular flexibility index (Phi) is 6.53. The van der Waals surface area contributed by atoms with Crippen molar-refractivity contribution in [3.8, 4) is 6.07 Å². The van der Waals surface area contributed by atoms with E-state index in [1.54, 1.807) is 6.08 Å². The third-order valence-electron chi connectivity index (χ3n) is 5.02. The average molecular weight is 433 g/mol. The number of nitriles is 1. The Balaban J connectivity index is 1.82. The van der Waals surface area contributed by atoms with Gasteiger partial charge < -0.3 is 20.4 Å². The highest BCUT2D eigenvalue weighted by Gasteiger charge is 2.19. The first-order chi connectivity index (χ1) is 13.8. The maximum absolute atomic E-state index is 12.6. The van der Waals surface area contributed by atoms with Crippen LogP contribution in [0.1, 0.15) is 29.8 Å². The number of benzene rings is 1. The maximum Gasteiger partial charge on any atom is 0.266 e. The second kappa shape index (κ2) is 8.91. The largest absolute Gasteiger partial charge is 0.396 e. The smallest absolute Gasteiger partial charge is 0.266 e. The highest BCUT2D eigenvalue weighted by atomic mass is 35.5. The number of halogens is 2. The molecule has 3 N–H and O–H groups in total. The zero-order chi connectivity index (χ0) is 21.1. The standard InChI is InChI=1S/C21H22Cl2N4O2/c1-12-6-14(13(2)27(12)11-17-4-3-5-29-17)7-15(10-24)21(28)26-16-8-18(22)20(25)19(23)9-16/h6-9,17H,3-5,11,25H2,1-2H3,(H,26,28)/b15-7+. The maximum atomic E-state index is 12.6. The molecule has 2 heterocycles. The molecule has 0 saturated carbocycles. The summed E-state index contributed by atoms with van der Waals surface area (Å²) in [7, 11) is 0. The number of hydrogen-bond acceptors (Lipinski definition) is 4. The predicted octanol–water partition coefficient (Wildman–Crippen LogP) is 4.72. The molecule has 1 fully saturated rings. The van der Waals surface area contributed by atoms with Gasteiger partial charge in [0.1, 0.15) is 11.6 Å². The number of ether oxygens (including phenoxy) is 1. The Labute approximate surface area is 179 Å². The van der Waals surface area contributed by atoms with E-state index < -0.39 is 5.91 Å². The summed E-state index contributed by atoms with van der Waals surface area (Å²) in [4.78, 5) is 12.6. The first-order valence-electron chi connectivity index (χ1n) is 9.26. The van der Waals surface area contributed by atoms with Gasteiger partial charge in [-0.15, -0.1) is 0 Å². The van der Waals surface area contributed by atoms with Gasteiger partial charge in [-0.05, 0) is 56.5 Å². The van der Waals surface area contributed by atoms with Crippen molar-refractivity contribution >= 4 is 46.6 Å². The quantitative estimate of drug-likeness (QED) is 0.406. The van der Waals surface area contributed by atoms with Gasteiger partial charge in [0.25, 0.3) is 5.91 Å². The van der Waals surface area contributed by atoms with Crippen molar-refractivity contribution in [3.05, 3.63) is 50.8 Å². The fourth-order valence-corrected chi connectivity index (χ4v) is 3.89. The van der Waals surface area contributed by atoms with E-state index in [1.807, 2.05) is 26.0 Å². The van der Waals surface area contributed by atoms with Crippen molar-refractivity contribution < 1.29 is 9.53 Å². The van der Waals surface area contributed by atoms with Crippen molar-refractivity contribution in [1.29, 1.82) is 5.26 Å². The van der Waals surface area contributed by atoms with Crippen molar-refractivity contribution in [3.63, 3.8) is 0 Å². The number of aromatic nitrogens is 1. The van der Waals surface area contributed by atoms with Crippen LogP contribution in [0.25, 0.3) is 6.08 Å². The number of hydrogen-bond donors (Lipinski definition) is 2. The highest BCUT2D eigenvalue weighted by molar-refractivity contribution is 6.39. The van der Waals surface area contributed by atoms with E-state index in [0.29, 0.717) is 5.69 Å². The molecular formula is C21H22Cl2N4O2. The number of aryl methyl sites for hydroxylation is 1. The third kappa shape index (κ3) is 4.76. The summed E-state index contributed by atoms with van der Waals surface area (Å²) in [5.74, 6) is -0.548. The third-order valence-corrected chi connectivity index (χ3v) is 5.65. The van der Waals surface area contributed by atoms with Crippen molar-refractivity contribution in [1.82, 2.24) is 4.57 Å². The number of nitrogen functional groups attached to an aromatic ring is 1. The molecule has 1 aliphatic heterocycles. The van der Waals surface area contributed by atoms with Gasteiger partial charge in [-0.3, -0.25) is 4.79 Å². The summed E-state index contributed by atoms with van der Waals surface area (Å²) < 4.78 is 7.89. The van der Waals surface area contributed by atoms with Gasteiger partial charge in [-0.2, -0.15) is 5.26 Å². The lowest BCUT2D eigenvalue weighted by Crippen LogP contribution is -2.17. The lowest BCUT2D eigenvalue weighted by Gasteiger charge is -2.14. The van der Waals surface area contributed by atoms with Crippen molar-refractivity contribution in [2.45, 2.75) is 39.3 Å². The molecule has 0 spiro atoms. The van der Waals surface area contributed by atoms with Crippen LogP contribution in [0, 0.1) is 25.2 Å². The second-order valence-electron chi connectivity index (χ2n) is 7.05. The monoisotopic (exact) mass is 432 g/mol. The van der Waals surface area contributed by atoms with Gasteiger partial charge in [-0.25, -0.2) is 0 Å². The Bertz CT molecular complexity index is 991. The molecule has 1 unspecified atom stereocenters. The first-order valence-corrected chi connectivity index (χ1v) is 10.0. The lowest BCUT2D eigenvalue weighted by molar-refractivity contribution is -0.112. The minimum Gasteiger partial charge on any atom is -0.396 e. The van der Waals surface area contributed by atoms with Crippen LogP contribution in [0.4, 0.5) is 11.4 Å². The Hall–Kier alpha value is -2.46. The first kappa shape index (κ1) is 21.3. The van der Waals surface area contributed by atoms with E-state index in [0.717, 1.165) is 42.9 Å². The molecule has 0 bridgehead atoms. The number of rotatable bonds is 5. The number of nitrogens with zero attached hydrogens (tertiary/aromatic N) is 2. The minimum absolute atomic E-state index is 0.0218. The van der Waals surface area contributed by atoms with Gasteiger partial charge in [0.2, 0.25) is 0 Å². The second-order valence-corrected chi connectivity index (χ2v) is 7.86. The molecule has 1 aromatic heterocycles. The molecule has 8 heteroatoms. The van der Waals surface area contributed by atoms with Crippen LogP contribution in [-0.2, 0) is 16.1 Å². The Morgan fingerprint density at radius 1 is 1.38 bits per heavy atom. The number of anilines is 2. The molecule has 29 heavy (non-hydrogen) atoms. The molecule has 3 rings (SSSR count). The molecule has 1 saturated heterocycles. The molecule has 0 aliphatic carbocycles. The molecule has 1 aromatic carbocycles. The van der Waals surface area contributed by atoms with Gasteiger partial charge in [0.15, 0.2) is 0 Å². The lowest BCUT2D eigenvalue weighted by atomic mass is 10.1. The fourth-order valence-electron chi connectivity index (χ4n) is 3.41. The van der Waals surface area contributed by atoms with Gasteiger partial charge in [0.05, 0.1) is 21.8 Å². The highest BCUT2D eigenvalue weighted by Crippen LogP contribution is 2.31. The van der Waals surface area contributed by atoms with E-state index in [-0.39, 0.29) is 27.4 Å². The van der Waals surface area contributed by atoms with Gasteiger partial charge in [-0.1, -0.05) is 23.2 Å².